The van der Waals surface area contributed by atoms with Crippen LogP contribution in [0.5, 0.6) is 5.75 Å². The van der Waals surface area contributed by atoms with Gasteiger partial charge in [-0.15, -0.1) is 11.3 Å². The zero-order valence-electron chi connectivity index (χ0n) is 16.1. The highest BCUT2D eigenvalue weighted by molar-refractivity contribution is 7.14. The molecule has 2 heterocycles. The normalized spacial score (nSPS) is 10.6. The Hall–Kier alpha value is -3.62. The highest BCUT2D eigenvalue weighted by atomic mass is 35.5. The Labute approximate surface area is 186 Å². The topological polar surface area (TPSA) is 110 Å². The molecule has 7 nitrogen and oxygen atoms in total. The van der Waals surface area contributed by atoms with Crippen LogP contribution in [-0.4, -0.2) is 21.8 Å². The van der Waals surface area contributed by atoms with E-state index < -0.39 is 5.91 Å². The van der Waals surface area contributed by atoms with Gasteiger partial charge in [-0.2, -0.15) is 0 Å². The summed E-state index contributed by atoms with van der Waals surface area (Å²) in [5, 5.41) is 5.65. The standard InChI is InChI=1S/C22H17ClN4O3S/c23-15-7-5-13(6-8-15)11-30-19-4-2-1-3-16(19)21(29)27-22-26-18(12-31-22)14-9-17(20(24)28)25-10-14/h1-10,12,25H,11H2,(H2,24,28)(H,26,27,29). The fraction of sp³-hybridized carbons (Fsp3) is 0.0455. The molecule has 0 radical (unpaired) electrons. The van der Waals surface area contributed by atoms with Crippen LogP contribution in [0, 0.1) is 0 Å². The lowest BCUT2D eigenvalue weighted by Crippen LogP contribution is -2.13. The quantitative estimate of drug-likeness (QED) is 0.376. The molecule has 4 N–H and O–H groups in total. The number of rotatable bonds is 7. The number of aromatic amines is 1. The first-order valence-electron chi connectivity index (χ1n) is 9.21. The van der Waals surface area contributed by atoms with Crippen molar-refractivity contribution in [3.05, 3.63) is 88.0 Å². The summed E-state index contributed by atoms with van der Waals surface area (Å²) in [5.41, 5.74) is 8.21. The molecule has 0 unspecified atom stereocenters. The number of nitrogens with one attached hydrogen (secondary N) is 2. The van der Waals surface area contributed by atoms with Crippen molar-refractivity contribution < 1.29 is 14.3 Å². The molecule has 4 aromatic rings. The number of benzene rings is 2. The summed E-state index contributed by atoms with van der Waals surface area (Å²) in [6, 6.07) is 15.9. The number of aromatic nitrogens is 2. The molecule has 2 aromatic heterocycles. The molecule has 0 fully saturated rings. The number of ether oxygens (including phenoxy) is 1. The number of nitrogens with two attached hydrogens (primary N) is 1. The van der Waals surface area contributed by atoms with Crippen LogP contribution in [0.25, 0.3) is 11.3 Å². The van der Waals surface area contributed by atoms with Crippen molar-refractivity contribution >= 4 is 39.9 Å². The van der Waals surface area contributed by atoms with E-state index in [1.54, 1.807) is 54.0 Å². The Morgan fingerprint density at radius 3 is 2.68 bits per heavy atom. The van der Waals surface area contributed by atoms with Gasteiger partial charge in [0.2, 0.25) is 0 Å². The SMILES string of the molecule is NC(=O)c1cc(-c2csc(NC(=O)c3ccccc3OCc3ccc(Cl)cc3)n2)c[nH]1. The number of amides is 2. The number of halogens is 1. The van der Waals surface area contributed by atoms with Crippen molar-refractivity contribution in [2.45, 2.75) is 6.61 Å². The zero-order chi connectivity index (χ0) is 21.8. The van der Waals surface area contributed by atoms with Crippen molar-refractivity contribution in [3.63, 3.8) is 0 Å². The van der Waals surface area contributed by atoms with E-state index in [0.29, 0.717) is 45.0 Å². The van der Waals surface area contributed by atoms with Crippen LogP contribution >= 0.6 is 22.9 Å². The highest BCUT2D eigenvalue weighted by Crippen LogP contribution is 2.27. The number of hydrogen-bond acceptors (Lipinski definition) is 5. The second-order valence-corrected chi connectivity index (χ2v) is 7.86. The minimum absolute atomic E-state index is 0.292. The Kier molecular flexibility index (Phi) is 6.01. The summed E-state index contributed by atoms with van der Waals surface area (Å²) in [5.74, 6) is -0.423. The number of H-pyrrole nitrogens is 1. The molecule has 0 aliphatic carbocycles. The molecule has 9 heteroatoms. The summed E-state index contributed by atoms with van der Waals surface area (Å²) >= 11 is 7.18. The van der Waals surface area contributed by atoms with E-state index in [-0.39, 0.29) is 5.91 Å². The molecule has 0 saturated heterocycles. The van der Waals surface area contributed by atoms with Gasteiger partial charge in [-0.1, -0.05) is 35.9 Å². The largest absolute Gasteiger partial charge is 0.488 e. The number of carbonyl (C=O) groups is 2. The monoisotopic (exact) mass is 452 g/mol. The first kappa shape index (κ1) is 20.6. The van der Waals surface area contributed by atoms with Crippen LogP contribution in [0.15, 0.2) is 66.2 Å². The fourth-order valence-electron chi connectivity index (χ4n) is 2.83. The van der Waals surface area contributed by atoms with E-state index in [1.807, 2.05) is 12.1 Å². The first-order chi connectivity index (χ1) is 15.0. The number of para-hydroxylation sites is 1. The molecule has 2 amide bonds. The van der Waals surface area contributed by atoms with E-state index >= 15 is 0 Å². The molecular weight excluding hydrogens is 436 g/mol. The third kappa shape index (κ3) is 4.93. The van der Waals surface area contributed by atoms with Crippen molar-refractivity contribution in [3.8, 4) is 17.0 Å². The van der Waals surface area contributed by atoms with Gasteiger partial charge in [0, 0.05) is 22.2 Å². The third-order valence-corrected chi connectivity index (χ3v) is 5.42. The van der Waals surface area contributed by atoms with E-state index in [1.165, 1.54) is 11.3 Å². The number of thiazole rings is 1. The summed E-state index contributed by atoms with van der Waals surface area (Å²) in [7, 11) is 0. The van der Waals surface area contributed by atoms with Crippen LogP contribution in [0.2, 0.25) is 5.02 Å². The number of primary amides is 1. The molecule has 0 atom stereocenters. The Bertz CT molecular complexity index is 1230. The second-order valence-electron chi connectivity index (χ2n) is 6.57. The zero-order valence-corrected chi connectivity index (χ0v) is 17.7. The summed E-state index contributed by atoms with van der Waals surface area (Å²) in [4.78, 5) is 31.3. The molecule has 0 bridgehead atoms. The Balaban J connectivity index is 1.46. The maximum Gasteiger partial charge on any atom is 0.265 e. The number of anilines is 1. The van der Waals surface area contributed by atoms with Gasteiger partial charge in [-0.3, -0.25) is 14.9 Å². The minimum atomic E-state index is -0.551. The van der Waals surface area contributed by atoms with Gasteiger partial charge in [-0.05, 0) is 35.9 Å². The van der Waals surface area contributed by atoms with Crippen LogP contribution in [-0.2, 0) is 6.61 Å². The minimum Gasteiger partial charge on any atom is -0.488 e. The van der Waals surface area contributed by atoms with Crippen LogP contribution < -0.4 is 15.8 Å². The van der Waals surface area contributed by atoms with Crippen molar-refractivity contribution in [2.24, 2.45) is 5.73 Å². The Morgan fingerprint density at radius 2 is 1.94 bits per heavy atom. The summed E-state index contributed by atoms with van der Waals surface area (Å²) in [6.45, 7) is 0.304. The number of nitrogens with zero attached hydrogens (tertiary/aromatic N) is 1. The molecule has 0 spiro atoms. The highest BCUT2D eigenvalue weighted by Gasteiger charge is 2.15. The number of hydrogen-bond donors (Lipinski definition) is 3. The molecule has 0 saturated carbocycles. The van der Waals surface area contributed by atoms with Crippen molar-refractivity contribution in [1.82, 2.24) is 9.97 Å². The Morgan fingerprint density at radius 1 is 1.16 bits per heavy atom. The van der Waals surface area contributed by atoms with E-state index in [0.717, 1.165) is 5.56 Å². The van der Waals surface area contributed by atoms with E-state index in [9.17, 15) is 9.59 Å². The fourth-order valence-corrected chi connectivity index (χ4v) is 3.68. The number of carbonyl (C=O) groups excluding carboxylic acids is 2. The van der Waals surface area contributed by atoms with E-state index in [2.05, 4.69) is 15.3 Å². The predicted molar refractivity (Wildman–Crippen MR) is 121 cm³/mol. The third-order valence-electron chi connectivity index (χ3n) is 4.41. The van der Waals surface area contributed by atoms with Crippen LogP contribution in [0.3, 0.4) is 0 Å². The van der Waals surface area contributed by atoms with Gasteiger partial charge < -0.3 is 15.5 Å². The predicted octanol–water partition coefficient (Wildman–Crippen LogP) is 4.72. The molecule has 2 aromatic carbocycles. The lowest BCUT2D eigenvalue weighted by molar-refractivity contribution is 0.0993. The van der Waals surface area contributed by atoms with E-state index in [4.69, 9.17) is 22.1 Å². The first-order valence-corrected chi connectivity index (χ1v) is 10.5. The van der Waals surface area contributed by atoms with Crippen LogP contribution in [0.1, 0.15) is 26.4 Å². The van der Waals surface area contributed by atoms with Crippen molar-refractivity contribution in [2.75, 3.05) is 5.32 Å². The lowest BCUT2D eigenvalue weighted by atomic mass is 10.2. The van der Waals surface area contributed by atoms with Crippen LogP contribution in [0.4, 0.5) is 5.13 Å². The lowest BCUT2D eigenvalue weighted by Gasteiger charge is -2.11. The van der Waals surface area contributed by atoms with Gasteiger partial charge in [0.15, 0.2) is 5.13 Å². The molecule has 0 aliphatic rings. The summed E-state index contributed by atoms with van der Waals surface area (Å²) in [6.07, 6.45) is 1.64. The van der Waals surface area contributed by atoms with Gasteiger partial charge in [0.1, 0.15) is 18.1 Å². The van der Waals surface area contributed by atoms with Gasteiger partial charge in [0.25, 0.3) is 11.8 Å². The second kappa shape index (κ2) is 9.03. The molecule has 4 rings (SSSR count). The molecule has 156 valence electrons. The van der Waals surface area contributed by atoms with Crippen molar-refractivity contribution in [1.29, 1.82) is 0 Å². The maximum atomic E-state index is 12.8. The van der Waals surface area contributed by atoms with Gasteiger partial charge in [0.05, 0.1) is 11.3 Å². The van der Waals surface area contributed by atoms with Gasteiger partial charge >= 0.3 is 0 Å². The molecule has 0 aliphatic heterocycles. The smallest absolute Gasteiger partial charge is 0.265 e. The molecular formula is C22H17ClN4O3S. The average Bonchev–Trinajstić information content (AvgIpc) is 3.43. The average molecular weight is 453 g/mol. The summed E-state index contributed by atoms with van der Waals surface area (Å²) < 4.78 is 5.85. The molecule has 31 heavy (non-hydrogen) atoms. The maximum absolute atomic E-state index is 12.8. The van der Waals surface area contributed by atoms with Gasteiger partial charge in [-0.25, -0.2) is 4.98 Å².